The lowest BCUT2D eigenvalue weighted by atomic mass is 10.2. The van der Waals surface area contributed by atoms with Crippen LogP contribution in [0.1, 0.15) is 25.5 Å². The zero-order valence-electron chi connectivity index (χ0n) is 8.31. The molecule has 1 aliphatic heterocycles. The average molecular weight is 194 g/mol. The van der Waals surface area contributed by atoms with Gasteiger partial charge in [-0.1, -0.05) is 12.1 Å². The maximum Gasteiger partial charge on any atom is 0.222 e. The van der Waals surface area contributed by atoms with Gasteiger partial charge in [-0.25, -0.2) is 4.68 Å². The van der Waals surface area contributed by atoms with Gasteiger partial charge in [0.2, 0.25) is 5.91 Å². The molecule has 76 valence electrons. The van der Waals surface area contributed by atoms with Gasteiger partial charge in [-0.2, -0.15) is 0 Å². The fourth-order valence-electron chi connectivity index (χ4n) is 1.66. The highest BCUT2D eigenvalue weighted by atomic mass is 16.2. The molecule has 1 aromatic rings. The molecule has 0 unspecified atom stereocenters. The quantitative estimate of drug-likeness (QED) is 0.685. The molecule has 0 aromatic carbocycles. The Morgan fingerprint density at radius 3 is 3.21 bits per heavy atom. The number of carbonyl (C=O) groups is 1. The maximum absolute atomic E-state index is 11.6. The lowest BCUT2D eigenvalue weighted by molar-refractivity contribution is -0.132. The summed E-state index contributed by atoms with van der Waals surface area (Å²) in [6.45, 7) is 4.21. The molecular weight excluding hydrogens is 180 g/mol. The third-order valence-corrected chi connectivity index (χ3v) is 2.45. The van der Waals surface area contributed by atoms with Crippen LogP contribution in [0.25, 0.3) is 0 Å². The minimum Gasteiger partial charge on any atom is -0.335 e. The van der Waals surface area contributed by atoms with Gasteiger partial charge in [0.15, 0.2) is 0 Å². The van der Waals surface area contributed by atoms with E-state index < -0.39 is 0 Å². The molecule has 0 atom stereocenters. The minimum absolute atomic E-state index is 0.236. The molecule has 2 heterocycles. The van der Waals surface area contributed by atoms with Gasteiger partial charge < -0.3 is 4.90 Å². The van der Waals surface area contributed by atoms with Gasteiger partial charge in [0.25, 0.3) is 0 Å². The van der Waals surface area contributed by atoms with Crippen molar-refractivity contribution >= 4 is 5.91 Å². The number of nitrogens with zero attached hydrogens (tertiary/aromatic N) is 4. The number of rotatable bonds is 2. The topological polar surface area (TPSA) is 51.0 Å². The lowest BCUT2D eigenvalue weighted by Gasteiger charge is -2.26. The molecule has 5 heteroatoms. The Labute approximate surface area is 82.7 Å². The van der Waals surface area contributed by atoms with Gasteiger partial charge in [-0.05, 0) is 6.42 Å². The molecule has 0 aliphatic carbocycles. The van der Waals surface area contributed by atoms with E-state index in [4.69, 9.17) is 0 Å². The number of hydrogen-bond acceptors (Lipinski definition) is 3. The van der Waals surface area contributed by atoms with Crippen LogP contribution in [0.5, 0.6) is 0 Å². The molecule has 0 radical (unpaired) electrons. The zero-order valence-corrected chi connectivity index (χ0v) is 8.31. The Hall–Kier alpha value is -1.39. The summed E-state index contributed by atoms with van der Waals surface area (Å²) in [4.78, 5) is 13.5. The van der Waals surface area contributed by atoms with E-state index >= 15 is 0 Å². The number of carbonyl (C=O) groups excluding carboxylic acids is 1. The van der Waals surface area contributed by atoms with E-state index in [1.54, 1.807) is 6.20 Å². The second-order valence-corrected chi connectivity index (χ2v) is 3.51. The van der Waals surface area contributed by atoms with E-state index in [2.05, 4.69) is 10.3 Å². The molecule has 0 N–H and O–H groups in total. The number of hydrogen-bond donors (Lipinski definition) is 0. The van der Waals surface area contributed by atoms with Crippen molar-refractivity contribution < 1.29 is 4.79 Å². The van der Waals surface area contributed by atoms with Crippen LogP contribution in [0.4, 0.5) is 0 Å². The summed E-state index contributed by atoms with van der Waals surface area (Å²) in [7, 11) is 0. The largest absolute Gasteiger partial charge is 0.335 e. The average Bonchev–Trinajstić information content (AvgIpc) is 2.64. The SMILES string of the molecule is CCCC(=O)N1CCn2nncc2C1. The monoisotopic (exact) mass is 194 g/mol. The molecule has 0 saturated heterocycles. The first-order valence-electron chi connectivity index (χ1n) is 4.96. The van der Waals surface area contributed by atoms with Gasteiger partial charge in [-0.3, -0.25) is 4.79 Å². The molecule has 2 rings (SSSR count). The van der Waals surface area contributed by atoms with Crippen LogP contribution in [0.2, 0.25) is 0 Å². The summed E-state index contributed by atoms with van der Waals surface area (Å²) < 4.78 is 1.86. The van der Waals surface area contributed by atoms with Crippen molar-refractivity contribution in [3.63, 3.8) is 0 Å². The van der Waals surface area contributed by atoms with Crippen molar-refractivity contribution in [3.8, 4) is 0 Å². The zero-order chi connectivity index (χ0) is 9.97. The van der Waals surface area contributed by atoms with E-state index in [0.717, 1.165) is 25.2 Å². The lowest BCUT2D eigenvalue weighted by Crippen LogP contribution is -2.38. The van der Waals surface area contributed by atoms with E-state index in [-0.39, 0.29) is 5.91 Å². The summed E-state index contributed by atoms with van der Waals surface area (Å²) >= 11 is 0. The highest BCUT2D eigenvalue weighted by Crippen LogP contribution is 2.11. The van der Waals surface area contributed by atoms with Crippen molar-refractivity contribution in [2.24, 2.45) is 0 Å². The van der Waals surface area contributed by atoms with Crippen molar-refractivity contribution in [1.29, 1.82) is 0 Å². The van der Waals surface area contributed by atoms with Crippen LogP contribution in [0.15, 0.2) is 6.20 Å². The number of amides is 1. The molecular formula is C9H14N4O. The molecule has 1 amide bonds. The fourth-order valence-corrected chi connectivity index (χ4v) is 1.66. The Kier molecular flexibility index (Phi) is 2.47. The summed E-state index contributed by atoms with van der Waals surface area (Å²) in [5, 5.41) is 7.74. The third-order valence-electron chi connectivity index (χ3n) is 2.45. The van der Waals surface area contributed by atoms with Gasteiger partial charge in [0.1, 0.15) is 0 Å². The first kappa shape index (κ1) is 9.18. The van der Waals surface area contributed by atoms with Crippen LogP contribution in [0.3, 0.4) is 0 Å². The maximum atomic E-state index is 11.6. The summed E-state index contributed by atoms with van der Waals surface area (Å²) in [5.41, 5.74) is 1.03. The van der Waals surface area contributed by atoms with Crippen LogP contribution >= 0.6 is 0 Å². The van der Waals surface area contributed by atoms with E-state index in [9.17, 15) is 4.79 Å². The van der Waals surface area contributed by atoms with Gasteiger partial charge in [-0.15, -0.1) is 5.10 Å². The van der Waals surface area contributed by atoms with Gasteiger partial charge >= 0.3 is 0 Å². The first-order chi connectivity index (χ1) is 6.81. The van der Waals surface area contributed by atoms with E-state index in [0.29, 0.717) is 13.0 Å². The molecule has 1 aliphatic rings. The Morgan fingerprint density at radius 2 is 2.43 bits per heavy atom. The molecule has 0 bridgehead atoms. The van der Waals surface area contributed by atoms with E-state index in [1.165, 1.54) is 0 Å². The summed E-state index contributed by atoms with van der Waals surface area (Å²) in [6.07, 6.45) is 3.28. The van der Waals surface area contributed by atoms with Crippen molar-refractivity contribution in [2.75, 3.05) is 6.54 Å². The Bertz CT molecular complexity index is 333. The second-order valence-electron chi connectivity index (χ2n) is 3.51. The Morgan fingerprint density at radius 1 is 1.57 bits per heavy atom. The van der Waals surface area contributed by atoms with Crippen LogP contribution in [0, 0.1) is 0 Å². The van der Waals surface area contributed by atoms with Gasteiger partial charge in [0.05, 0.1) is 25.0 Å². The smallest absolute Gasteiger partial charge is 0.222 e. The van der Waals surface area contributed by atoms with Gasteiger partial charge in [0, 0.05) is 13.0 Å². The highest BCUT2D eigenvalue weighted by Gasteiger charge is 2.20. The molecule has 0 spiro atoms. The summed E-state index contributed by atoms with van der Waals surface area (Å²) in [6, 6.07) is 0. The summed E-state index contributed by atoms with van der Waals surface area (Å²) in [5.74, 6) is 0.236. The molecule has 0 saturated carbocycles. The van der Waals surface area contributed by atoms with Crippen molar-refractivity contribution in [3.05, 3.63) is 11.9 Å². The molecule has 0 fully saturated rings. The molecule has 1 aromatic heterocycles. The Balaban J connectivity index is 2.04. The van der Waals surface area contributed by atoms with Crippen molar-refractivity contribution in [2.45, 2.75) is 32.9 Å². The minimum atomic E-state index is 0.236. The van der Waals surface area contributed by atoms with E-state index in [1.807, 2.05) is 16.5 Å². The molecule has 14 heavy (non-hydrogen) atoms. The standard InChI is InChI=1S/C9H14N4O/c1-2-3-9(14)12-4-5-13-8(7-12)6-10-11-13/h6H,2-5,7H2,1H3. The molecule has 5 nitrogen and oxygen atoms in total. The van der Waals surface area contributed by atoms with Crippen LogP contribution in [-0.2, 0) is 17.9 Å². The predicted molar refractivity (Wildman–Crippen MR) is 50.3 cm³/mol. The second kappa shape index (κ2) is 3.77. The number of fused-ring (bicyclic) bond motifs is 1. The van der Waals surface area contributed by atoms with Crippen LogP contribution < -0.4 is 0 Å². The number of aromatic nitrogens is 3. The highest BCUT2D eigenvalue weighted by molar-refractivity contribution is 5.76. The predicted octanol–water partition coefficient (Wildman–Crippen LogP) is 0.420. The normalized spacial score (nSPS) is 15.4. The fraction of sp³-hybridized carbons (Fsp3) is 0.667. The van der Waals surface area contributed by atoms with Crippen molar-refractivity contribution in [1.82, 2.24) is 19.9 Å². The third kappa shape index (κ3) is 1.62. The first-order valence-corrected chi connectivity index (χ1v) is 4.96. The van der Waals surface area contributed by atoms with Crippen LogP contribution in [-0.4, -0.2) is 32.3 Å².